The zero-order valence-electron chi connectivity index (χ0n) is 13.2. The summed E-state index contributed by atoms with van der Waals surface area (Å²) in [6, 6.07) is 0. The lowest BCUT2D eigenvalue weighted by Gasteiger charge is -2.40. The Labute approximate surface area is 125 Å². The van der Waals surface area contributed by atoms with Crippen molar-refractivity contribution >= 4 is 11.9 Å². The molecule has 0 aliphatic carbocycles. The van der Waals surface area contributed by atoms with Crippen LogP contribution in [0.1, 0.15) is 40.5 Å². The van der Waals surface area contributed by atoms with Crippen molar-refractivity contribution in [3.8, 4) is 0 Å². The zero-order valence-corrected chi connectivity index (χ0v) is 13.2. The normalized spacial score (nSPS) is 18.2. The molecule has 21 heavy (non-hydrogen) atoms. The van der Waals surface area contributed by atoms with Crippen molar-refractivity contribution in [1.29, 1.82) is 0 Å². The molecule has 0 radical (unpaired) electrons. The highest BCUT2D eigenvalue weighted by Gasteiger charge is 2.33. The van der Waals surface area contributed by atoms with Crippen LogP contribution < -0.4 is 10.2 Å². The van der Waals surface area contributed by atoms with E-state index >= 15 is 0 Å². The number of hydrogen-bond acceptors (Lipinski definition) is 5. The van der Waals surface area contributed by atoms with Gasteiger partial charge in [0.15, 0.2) is 0 Å². The first-order valence-electron chi connectivity index (χ1n) is 7.30. The molecule has 0 aromatic carbocycles. The van der Waals surface area contributed by atoms with Gasteiger partial charge in [-0.05, 0) is 40.5 Å². The van der Waals surface area contributed by atoms with E-state index in [0.29, 0.717) is 0 Å². The fourth-order valence-electron chi connectivity index (χ4n) is 2.36. The van der Waals surface area contributed by atoms with Gasteiger partial charge in [0.2, 0.25) is 0 Å². The summed E-state index contributed by atoms with van der Waals surface area (Å²) < 4.78 is 5.33. The first kappa shape index (κ1) is 15.5. The SMILES string of the molecule is CC1(NC(=O)OC(C)(C)C)CCN(c2cnccn2)CC1. The molecule has 1 aromatic heterocycles. The maximum atomic E-state index is 11.9. The van der Waals surface area contributed by atoms with E-state index in [0.717, 1.165) is 31.7 Å². The van der Waals surface area contributed by atoms with Gasteiger partial charge in [0.05, 0.1) is 6.20 Å². The molecule has 0 unspecified atom stereocenters. The van der Waals surface area contributed by atoms with Crippen LogP contribution in [0.3, 0.4) is 0 Å². The molecule has 1 aliphatic heterocycles. The van der Waals surface area contributed by atoms with Crippen molar-refractivity contribution in [3.05, 3.63) is 18.6 Å². The summed E-state index contributed by atoms with van der Waals surface area (Å²) in [6.45, 7) is 9.34. The monoisotopic (exact) mass is 292 g/mol. The number of carbonyl (C=O) groups is 1. The van der Waals surface area contributed by atoms with Crippen LogP contribution in [-0.2, 0) is 4.74 Å². The van der Waals surface area contributed by atoms with Gasteiger partial charge in [0.25, 0.3) is 0 Å². The molecule has 116 valence electrons. The number of carbonyl (C=O) groups excluding carboxylic acids is 1. The number of anilines is 1. The number of nitrogens with one attached hydrogen (secondary N) is 1. The average molecular weight is 292 g/mol. The second-order valence-electron chi connectivity index (χ2n) is 6.74. The van der Waals surface area contributed by atoms with Crippen molar-refractivity contribution in [1.82, 2.24) is 15.3 Å². The molecule has 1 N–H and O–H groups in total. The molecule has 0 atom stereocenters. The maximum absolute atomic E-state index is 11.9. The minimum absolute atomic E-state index is 0.235. The van der Waals surface area contributed by atoms with Crippen LogP contribution >= 0.6 is 0 Å². The molecule has 2 heterocycles. The molecule has 1 saturated heterocycles. The van der Waals surface area contributed by atoms with E-state index in [2.05, 4.69) is 27.1 Å². The minimum Gasteiger partial charge on any atom is -0.444 e. The van der Waals surface area contributed by atoms with Gasteiger partial charge >= 0.3 is 6.09 Å². The van der Waals surface area contributed by atoms with Crippen LogP contribution in [0.2, 0.25) is 0 Å². The third-order valence-electron chi connectivity index (χ3n) is 3.54. The van der Waals surface area contributed by atoms with Crippen molar-refractivity contribution in [3.63, 3.8) is 0 Å². The molecule has 0 saturated carbocycles. The highest BCUT2D eigenvalue weighted by molar-refractivity contribution is 5.68. The summed E-state index contributed by atoms with van der Waals surface area (Å²) in [5.41, 5.74) is -0.707. The van der Waals surface area contributed by atoms with Crippen LogP contribution in [-0.4, -0.2) is 40.3 Å². The second kappa shape index (κ2) is 5.87. The Hall–Kier alpha value is -1.85. The summed E-state index contributed by atoms with van der Waals surface area (Å²) in [5, 5.41) is 3.00. The van der Waals surface area contributed by atoms with E-state index in [-0.39, 0.29) is 11.6 Å². The van der Waals surface area contributed by atoms with Crippen LogP contribution in [0.25, 0.3) is 0 Å². The fourth-order valence-corrected chi connectivity index (χ4v) is 2.36. The standard InChI is InChI=1S/C15H24N4O2/c1-14(2,3)21-13(20)18-15(4)5-9-19(10-6-15)12-11-16-7-8-17-12/h7-8,11H,5-6,9-10H2,1-4H3,(H,18,20). The Bertz CT molecular complexity index is 476. The Kier molecular flexibility index (Phi) is 4.34. The molecule has 6 nitrogen and oxygen atoms in total. The topological polar surface area (TPSA) is 67.3 Å². The van der Waals surface area contributed by atoms with E-state index in [1.165, 1.54) is 0 Å². The average Bonchev–Trinajstić information content (AvgIpc) is 2.37. The minimum atomic E-state index is -0.471. The highest BCUT2D eigenvalue weighted by Crippen LogP contribution is 2.25. The van der Waals surface area contributed by atoms with Gasteiger partial charge in [0, 0.05) is 31.0 Å². The second-order valence-corrected chi connectivity index (χ2v) is 6.74. The number of nitrogens with zero attached hydrogens (tertiary/aromatic N) is 3. The van der Waals surface area contributed by atoms with Crippen molar-refractivity contribution in [2.75, 3.05) is 18.0 Å². The quantitative estimate of drug-likeness (QED) is 0.906. The smallest absolute Gasteiger partial charge is 0.408 e. The largest absolute Gasteiger partial charge is 0.444 e. The molecule has 1 amide bonds. The van der Waals surface area contributed by atoms with Crippen LogP contribution in [0.4, 0.5) is 10.6 Å². The van der Waals surface area contributed by atoms with Crippen LogP contribution in [0.5, 0.6) is 0 Å². The number of ether oxygens (including phenoxy) is 1. The predicted molar refractivity (Wildman–Crippen MR) is 81.3 cm³/mol. The molecule has 6 heteroatoms. The Morgan fingerprint density at radius 1 is 1.33 bits per heavy atom. The Morgan fingerprint density at radius 2 is 2.00 bits per heavy atom. The summed E-state index contributed by atoms with van der Waals surface area (Å²) in [6.07, 6.45) is 6.48. The van der Waals surface area contributed by atoms with Gasteiger partial charge in [-0.3, -0.25) is 4.98 Å². The lowest BCUT2D eigenvalue weighted by Crippen LogP contribution is -2.54. The lowest BCUT2D eigenvalue weighted by atomic mass is 9.90. The number of aromatic nitrogens is 2. The number of hydrogen-bond donors (Lipinski definition) is 1. The molecule has 1 fully saturated rings. The fraction of sp³-hybridized carbons (Fsp3) is 0.667. The van der Waals surface area contributed by atoms with E-state index in [1.807, 2.05) is 20.8 Å². The van der Waals surface area contributed by atoms with E-state index in [1.54, 1.807) is 18.6 Å². The summed E-state index contributed by atoms with van der Waals surface area (Å²) >= 11 is 0. The van der Waals surface area contributed by atoms with E-state index in [4.69, 9.17) is 4.74 Å². The van der Waals surface area contributed by atoms with Crippen LogP contribution in [0.15, 0.2) is 18.6 Å². The lowest BCUT2D eigenvalue weighted by molar-refractivity contribution is 0.0448. The first-order chi connectivity index (χ1) is 9.77. The van der Waals surface area contributed by atoms with Crippen molar-refractivity contribution in [2.45, 2.75) is 51.7 Å². The third kappa shape index (κ3) is 4.58. The van der Waals surface area contributed by atoms with Crippen LogP contribution in [0, 0.1) is 0 Å². The van der Waals surface area contributed by atoms with E-state index in [9.17, 15) is 4.79 Å². The molecule has 2 rings (SSSR count). The van der Waals surface area contributed by atoms with Crippen molar-refractivity contribution < 1.29 is 9.53 Å². The van der Waals surface area contributed by atoms with E-state index < -0.39 is 5.60 Å². The molecular formula is C15H24N4O2. The van der Waals surface area contributed by atoms with Crippen molar-refractivity contribution in [2.24, 2.45) is 0 Å². The molecular weight excluding hydrogens is 268 g/mol. The predicted octanol–water partition coefficient (Wildman–Crippen LogP) is 2.36. The number of rotatable bonds is 2. The molecule has 0 bridgehead atoms. The summed E-state index contributed by atoms with van der Waals surface area (Å²) in [5.74, 6) is 0.886. The summed E-state index contributed by atoms with van der Waals surface area (Å²) in [7, 11) is 0. The van der Waals surface area contributed by atoms with Gasteiger partial charge in [-0.2, -0.15) is 0 Å². The Balaban J connectivity index is 1.89. The zero-order chi connectivity index (χ0) is 15.5. The highest BCUT2D eigenvalue weighted by atomic mass is 16.6. The number of piperidine rings is 1. The van der Waals surface area contributed by atoms with Gasteiger partial charge in [-0.15, -0.1) is 0 Å². The number of amides is 1. The van der Waals surface area contributed by atoms with Gasteiger partial charge in [-0.25, -0.2) is 9.78 Å². The molecule has 1 aliphatic rings. The molecule has 0 spiro atoms. The van der Waals surface area contributed by atoms with Gasteiger partial charge in [-0.1, -0.05) is 0 Å². The Morgan fingerprint density at radius 3 is 2.52 bits per heavy atom. The summed E-state index contributed by atoms with van der Waals surface area (Å²) in [4.78, 5) is 22.5. The maximum Gasteiger partial charge on any atom is 0.408 e. The third-order valence-corrected chi connectivity index (χ3v) is 3.54. The first-order valence-corrected chi connectivity index (χ1v) is 7.30. The van der Waals surface area contributed by atoms with Gasteiger partial charge < -0.3 is 15.0 Å². The molecule has 1 aromatic rings. The number of alkyl carbamates (subject to hydrolysis) is 1. The van der Waals surface area contributed by atoms with Gasteiger partial charge in [0.1, 0.15) is 11.4 Å².